The Bertz CT molecular complexity index is 4770. The van der Waals surface area contributed by atoms with Crippen LogP contribution in [0.3, 0.4) is 0 Å². The average Bonchev–Trinajstić information content (AvgIpc) is 4.50. The lowest BCUT2D eigenvalue weighted by molar-refractivity contribution is 1.42. The molecule has 0 saturated heterocycles. The number of nitrogens with zero attached hydrogens (tertiary/aromatic N) is 21. The number of hydrogen-bond acceptors (Lipinski definition) is 21. The third-order valence-electron chi connectivity index (χ3n) is 14.8. The fourth-order valence-electron chi connectivity index (χ4n) is 11.9. The summed E-state index contributed by atoms with van der Waals surface area (Å²) in [5.74, 6) is 2.16. The van der Waals surface area contributed by atoms with E-state index in [0.29, 0.717) is 0 Å². The molecule has 344 valence electrons. The predicted octanol–water partition coefficient (Wildman–Crippen LogP) is -0.946. The fourth-order valence-corrected chi connectivity index (χ4v) is 11.9. The molecule has 8 rings (SSSR count). The summed E-state index contributed by atoms with van der Waals surface area (Å²) in [5, 5.41) is 227. The summed E-state index contributed by atoms with van der Waals surface area (Å²) in [5.41, 5.74) is -15.3. The van der Waals surface area contributed by atoms with E-state index in [1.165, 1.54) is 19.1 Å². The number of allylic oxidation sites excluding steroid dienone is 20. The van der Waals surface area contributed by atoms with Gasteiger partial charge in [0.25, 0.3) is 33.6 Å². The number of nitriles is 21. The van der Waals surface area contributed by atoms with Crippen molar-refractivity contribution >= 4 is 78.5 Å². The maximum absolute atomic E-state index is 11.9. The maximum atomic E-state index is 11.9. The first kappa shape index (κ1) is 52.8. The largest absolute Gasteiger partial charge is 0.332 e. The van der Waals surface area contributed by atoms with Crippen LogP contribution in [0.1, 0.15) is 5.56 Å². The molecule has 81 heavy (non-hydrogen) atoms. The first-order valence-electron chi connectivity index (χ1n) is 22.5. The van der Waals surface area contributed by atoms with Crippen molar-refractivity contribution in [2.75, 3.05) is 0 Å². The smallest absolute Gasteiger partial charge is 0.212 e. The molecule has 21 nitrogen and oxygen atoms in total. The summed E-state index contributed by atoms with van der Waals surface area (Å²) >= 11 is 0. The molecule has 0 radical (unpaired) electrons. The molecule has 6 aliphatic rings. The molecular formula is C54H5B6N21. The van der Waals surface area contributed by atoms with Crippen LogP contribution >= 0.6 is 0 Å². The van der Waals surface area contributed by atoms with Gasteiger partial charge >= 0.3 is 6.71 Å². The molecule has 6 heterocycles. The van der Waals surface area contributed by atoms with E-state index in [1.807, 2.05) is 60.7 Å². The molecule has 0 aromatic heterocycles. The topological polar surface area (TPSA) is 500 Å². The molecule has 27 heteroatoms. The molecular weight excluding hydrogens is 1010 g/mol. The van der Waals surface area contributed by atoms with E-state index in [4.69, 9.17) is 0 Å². The van der Waals surface area contributed by atoms with Crippen molar-refractivity contribution in [3.05, 3.63) is 128 Å². The van der Waals surface area contributed by atoms with Crippen molar-refractivity contribution in [1.82, 2.24) is 0 Å². The molecule has 0 aliphatic carbocycles. The highest BCUT2D eigenvalue weighted by atomic mass is 14.4. The van der Waals surface area contributed by atoms with E-state index in [0.717, 1.165) is 0 Å². The summed E-state index contributed by atoms with van der Waals surface area (Å²) < 4.78 is 0. The minimum absolute atomic E-state index is 0.0857. The van der Waals surface area contributed by atoms with E-state index in [-0.39, 0.29) is 38.5 Å². The lowest BCUT2D eigenvalue weighted by Crippen LogP contribution is -2.68. The summed E-state index contributed by atoms with van der Waals surface area (Å²) in [6.07, 6.45) is 0. The minimum Gasteiger partial charge on any atom is -0.212 e. The maximum Gasteiger partial charge on any atom is 0.332 e. The molecule has 2 aromatic carbocycles. The Morgan fingerprint density at radius 3 is 0.691 bits per heavy atom. The van der Waals surface area contributed by atoms with Gasteiger partial charge in [-0.15, -0.1) is 0 Å². The molecule has 0 amide bonds. The van der Waals surface area contributed by atoms with Crippen molar-refractivity contribution in [2.24, 2.45) is 0 Å². The highest BCUT2D eigenvalue weighted by molar-refractivity contribution is 7.10. The first-order chi connectivity index (χ1) is 39.3. The van der Waals surface area contributed by atoms with Gasteiger partial charge < -0.3 is 0 Å². The van der Waals surface area contributed by atoms with Gasteiger partial charge in [0, 0.05) is 60.7 Å². The van der Waals surface area contributed by atoms with E-state index in [2.05, 4.69) is 5.97 Å². The molecule has 0 spiro atoms. The monoisotopic (exact) mass is 1010 g/mol. The van der Waals surface area contributed by atoms with Gasteiger partial charge in [0.15, 0.2) is 0 Å². The summed E-state index contributed by atoms with van der Waals surface area (Å²) in [7, 11) is 0. The Morgan fingerprint density at radius 2 is 0.444 bits per heavy atom. The van der Waals surface area contributed by atoms with Crippen LogP contribution in [-0.4, -0.2) is 40.3 Å². The highest BCUT2D eigenvalue weighted by Crippen LogP contribution is 2.39. The third kappa shape index (κ3) is 6.64. The van der Waals surface area contributed by atoms with Gasteiger partial charge in [0.05, 0.1) is 116 Å². The number of fused-ring (bicyclic) bond motifs is 3. The second-order valence-corrected chi connectivity index (χ2v) is 17.6. The lowest BCUT2D eigenvalue weighted by atomic mass is 9.21. The Morgan fingerprint density at radius 1 is 0.235 bits per heavy atom. The van der Waals surface area contributed by atoms with Crippen LogP contribution in [0.2, 0.25) is 0 Å². The van der Waals surface area contributed by atoms with Crippen molar-refractivity contribution in [3.63, 3.8) is 0 Å². The van der Waals surface area contributed by atoms with Gasteiger partial charge in [-0.2, -0.15) is 105 Å². The van der Waals surface area contributed by atoms with Crippen molar-refractivity contribution in [1.29, 1.82) is 110 Å². The second kappa shape index (κ2) is 20.1. The summed E-state index contributed by atoms with van der Waals surface area (Å²) in [6.45, 7) is -10.1. The Balaban J connectivity index is 1.80. The van der Waals surface area contributed by atoms with Gasteiger partial charge in [-0.05, 0) is 18.1 Å². The fraction of sp³-hybridized carbons (Fsp3) is 0.0185. The normalized spacial score (nSPS) is 15.3. The molecule has 0 bridgehead atoms. The molecule has 6 aliphatic heterocycles. The van der Waals surface area contributed by atoms with Crippen molar-refractivity contribution in [3.8, 4) is 138 Å². The second-order valence-electron chi connectivity index (χ2n) is 17.6. The number of hydrogen-bond donors (Lipinski definition) is 0. The highest BCUT2D eigenvalue weighted by Gasteiger charge is 2.55. The van der Waals surface area contributed by atoms with Crippen molar-refractivity contribution < 1.29 is 0 Å². The third-order valence-corrected chi connectivity index (χ3v) is 14.8. The van der Waals surface area contributed by atoms with Crippen LogP contribution in [0.4, 0.5) is 0 Å². The van der Waals surface area contributed by atoms with Crippen LogP contribution in [0.5, 0.6) is 0 Å². The Kier molecular flexibility index (Phi) is 13.1. The molecule has 0 fully saturated rings. The summed E-state index contributed by atoms with van der Waals surface area (Å²) in [6, 6.07) is 38.6. The van der Waals surface area contributed by atoms with Crippen LogP contribution < -0.4 is 38.2 Å². The van der Waals surface area contributed by atoms with E-state index in [9.17, 15) is 110 Å². The van der Waals surface area contributed by atoms with Gasteiger partial charge in [0.2, 0.25) is 0 Å². The summed E-state index contributed by atoms with van der Waals surface area (Å²) in [4.78, 5) is 0. The predicted molar refractivity (Wildman–Crippen MR) is 277 cm³/mol. The van der Waals surface area contributed by atoms with Crippen molar-refractivity contribution in [2.45, 2.75) is 6.92 Å². The van der Waals surface area contributed by atoms with Gasteiger partial charge in [-0.3, -0.25) is 0 Å². The SMILES string of the molecule is Cc1c(B2C(C#N)=C(C#N)C(C#N)=C2C#N)cc2c(c1B1C(C#N)=C(C#N)C(C#N)=C1C#N)B(C#N)c1c-2cc(B2C(C#N)=C(C#N)C(C#N)=C2C#N)c(B2C(C#N)=C(C#N)C(C#N)=C2C#N)c1B1C(C#N)=C(C#N)C(C#N)=C1C#N. The molecule has 0 atom stereocenters. The zero-order valence-corrected chi connectivity index (χ0v) is 40.5. The molecule has 0 unspecified atom stereocenters. The Labute approximate surface area is 460 Å². The van der Waals surface area contributed by atoms with Gasteiger partial charge in [-0.25, -0.2) is 5.26 Å². The first-order valence-corrected chi connectivity index (χ1v) is 22.5. The zero-order valence-electron chi connectivity index (χ0n) is 40.5. The van der Waals surface area contributed by atoms with E-state index in [1.54, 1.807) is 60.7 Å². The average molecular weight is 1010 g/mol. The van der Waals surface area contributed by atoms with Crippen LogP contribution in [0, 0.1) is 245 Å². The number of benzene rings is 2. The quantitative estimate of drug-likeness (QED) is 0.326. The van der Waals surface area contributed by atoms with Crippen LogP contribution in [0.15, 0.2) is 123 Å². The lowest BCUT2D eigenvalue weighted by Gasteiger charge is -2.28. The van der Waals surface area contributed by atoms with Gasteiger partial charge in [0.1, 0.15) is 60.7 Å². The van der Waals surface area contributed by atoms with Gasteiger partial charge in [-0.1, -0.05) is 55.9 Å². The van der Waals surface area contributed by atoms with E-state index >= 15 is 0 Å². The Hall–Kier alpha value is -14.5. The molecule has 0 N–H and O–H groups in total. The van der Waals surface area contributed by atoms with E-state index < -0.39 is 167 Å². The van der Waals surface area contributed by atoms with Crippen LogP contribution in [-0.2, 0) is 0 Å². The number of rotatable bonds is 5. The standard InChI is InChI=1S/C54H5B6N21/c1-25-38(56-40(14-71)28(4-61)29(5-62)41(56)15-72)2-26-27-3-39(57-42(16-73)30(6-63)31(7-64)43(57)17-74)53(59-46(20-77)34(10-67)35(11-68)47(59)21-78)54(60-48(22-79)36(12-69)37(13-70)49(60)23-80)52(27)55(24-81)51(26)50(25)58-44(18-75)32(8-65)33(9-66)45(58)19-76/h2-3H,1H3. The molecule has 2 aromatic rings. The molecule has 0 saturated carbocycles. The zero-order chi connectivity index (χ0) is 59.0. The van der Waals surface area contributed by atoms with Crippen LogP contribution in [0.25, 0.3) is 11.1 Å². The minimum atomic E-state index is -2.06.